The van der Waals surface area contributed by atoms with Gasteiger partial charge in [0, 0.05) is 27.7 Å². The van der Waals surface area contributed by atoms with Crippen molar-refractivity contribution in [3.05, 3.63) is 21.0 Å². The van der Waals surface area contributed by atoms with Gasteiger partial charge in [0.05, 0.1) is 11.9 Å². The van der Waals surface area contributed by atoms with Gasteiger partial charge in [0.15, 0.2) is 0 Å². The Bertz CT molecular complexity index is 555. The lowest BCUT2D eigenvalue weighted by molar-refractivity contribution is -0.129. The molecular weight excluding hydrogens is 312 g/mol. The van der Waals surface area contributed by atoms with Crippen LogP contribution in [-0.2, 0) is 11.8 Å². The van der Waals surface area contributed by atoms with Gasteiger partial charge in [-0.25, -0.2) is 4.68 Å². The third kappa shape index (κ3) is 2.51. The number of hydrogen-bond acceptors (Lipinski definition) is 4. The van der Waals surface area contributed by atoms with Gasteiger partial charge in [-0.1, -0.05) is 0 Å². The molecule has 1 aromatic heterocycles. The van der Waals surface area contributed by atoms with Gasteiger partial charge in [-0.3, -0.25) is 9.59 Å². The van der Waals surface area contributed by atoms with E-state index >= 15 is 0 Å². The van der Waals surface area contributed by atoms with Crippen molar-refractivity contribution >= 4 is 27.5 Å². The summed E-state index contributed by atoms with van der Waals surface area (Å²) in [6.07, 6.45) is 3.37. The number of aryl methyl sites for hydroxylation is 1. The van der Waals surface area contributed by atoms with Gasteiger partial charge in [0.2, 0.25) is 5.91 Å². The largest absolute Gasteiger partial charge is 0.357 e. The third-order valence-electron chi connectivity index (χ3n) is 3.35. The molecule has 6 nitrogen and oxygen atoms in total. The van der Waals surface area contributed by atoms with E-state index in [1.807, 2.05) is 4.90 Å². The van der Waals surface area contributed by atoms with Crippen molar-refractivity contribution in [2.24, 2.45) is 7.05 Å². The predicted molar refractivity (Wildman–Crippen MR) is 76.2 cm³/mol. The van der Waals surface area contributed by atoms with Crippen LogP contribution in [0, 0.1) is 0 Å². The molecule has 2 heterocycles. The van der Waals surface area contributed by atoms with E-state index in [0.29, 0.717) is 10.2 Å². The summed E-state index contributed by atoms with van der Waals surface area (Å²) >= 11 is 3.31. The van der Waals surface area contributed by atoms with Gasteiger partial charge >= 0.3 is 0 Å². The molecule has 0 spiro atoms. The molecule has 1 amide bonds. The van der Waals surface area contributed by atoms with Crippen LogP contribution in [-0.4, -0.2) is 47.3 Å². The average Bonchev–Trinajstić information content (AvgIpc) is 2.84. The van der Waals surface area contributed by atoms with Crippen LogP contribution < -0.4 is 10.5 Å². The number of aromatic nitrogens is 2. The SMILES string of the molecule is CN(C)C(=O)C1CCCN1c1cnn(C)c(=O)c1Br. The molecule has 2 rings (SSSR count). The summed E-state index contributed by atoms with van der Waals surface area (Å²) in [4.78, 5) is 27.6. The number of amides is 1. The Morgan fingerprint density at radius 3 is 2.84 bits per heavy atom. The maximum atomic E-state index is 12.2. The number of likely N-dealkylation sites (N-methyl/N-ethyl adjacent to an activating group) is 1. The first-order valence-electron chi connectivity index (χ1n) is 6.13. The number of halogens is 1. The van der Waals surface area contributed by atoms with E-state index in [4.69, 9.17) is 0 Å². The minimum atomic E-state index is -0.208. The Hall–Kier alpha value is -1.37. The van der Waals surface area contributed by atoms with Crippen LogP contribution in [0.25, 0.3) is 0 Å². The van der Waals surface area contributed by atoms with Crippen molar-refractivity contribution in [3.8, 4) is 0 Å². The fourth-order valence-corrected chi connectivity index (χ4v) is 2.90. The number of rotatable bonds is 2. The zero-order chi connectivity index (χ0) is 14.2. The zero-order valence-corrected chi connectivity index (χ0v) is 12.8. The van der Waals surface area contributed by atoms with E-state index in [2.05, 4.69) is 21.0 Å². The van der Waals surface area contributed by atoms with Crippen LogP contribution >= 0.6 is 15.9 Å². The smallest absolute Gasteiger partial charge is 0.282 e. The zero-order valence-electron chi connectivity index (χ0n) is 11.3. The molecule has 1 aromatic rings. The minimum absolute atomic E-state index is 0.0603. The summed E-state index contributed by atoms with van der Waals surface area (Å²) < 4.78 is 1.73. The molecule has 0 aromatic carbocycles. The van der Waals surface area contributed by atoms with Crippen LogP contribution in [0.15, 0.2) is 15.5 Å². The Morgan fingerprint density at radius 1 is 1.53 bits per heavy atom. The quantitative estimate of drug-likeness (QED) is 0.797. The van der Waals surface area contributed by atoms with Gasteiger partial charge in [0.1, 0.15) is 10.5 Å². The molecule has 1 fully saturated rings. The highest BCUT2D eigenvalue weighted by atomic mass is 79.9. The first-order valence-corrected chi connectivity index (χ1v) is 6.92. The monoisotopic (exact) mass is 328 g/mol. The summed E-state index contributed by atoms with van der Waals surface area (Å²) in [5.41, 5.74) is 0.501. The maximum absolute atomic E-state index is 12.2. The molecule has 0 aliphatic carbocycles. The summed E-state index contributed by atoms with van der Waals surface area (Å²) in [6, 6.07) is -0.208. The number of carbonyl (C=O) groups is 1. The van der Waals surface area contributed by atoms with E-state index in [0.717, 1.165) is 19.4 Å². The molecule has 0 saturated carbocycles. The fraction of sp³-hybridized carbons (Fsp3) is 0.583. The van der Waals surface area contributed by atoms with Crippen molar-refractivity contribution in [3.63, 3.8) is 0 Å². The molecule has 0 radical (unpaired) electrons. The highest BCUT2D eigenvalue weighted by Gasteiger charge is 2.33. The molecule has 7 heteroatoms. The Balaban J connectivity index is 2.39. The van der Waals surface area contributed by atoms with Gasteiger partial charge < -0.3 is 9.80 Å². The van der Waals surface area contributed by atoms with E-state index < -0.39 is 0 Å². The van der Waals surface area contributed by atoms with Crippen LogP contribution in [0.5, 0.6) is 0 Å². The first kappa shape index (κ1) is 14.0. The molecule has 1 unspecified atom stereocenters. The number of nitrogens with zero attached hydrogens (tertiary/aromatic N) is 4. The lowest BCUT2D eigenvalue weighted by Gasteiger charge is -2.28. The fourth-order valence-electron chi connectivity index (χ4n) is 2.31. The molecular formula is C12H17BrN4O2. The maximum Gasteiger partial charge on any atom is 0.282 e. The molecule has 1 saturated heterocycles. The molecule has 0 bridgehead atoms. The molecule has 1 atom stereocenters. The van der Waals surface area contributed by atoms with Crippen LogP contribution in [0.4, 0.5) is 5.69 Å². The summed E-state index contributed by atoms with van der Waals surface area (Å²) in [5.74, 6) is 0.0603. The summed E-state index contributed by atoms with van der Waals surface area (Å²) in [5, 5.41) is 4.03. The molecule has 1 aliphatic heterocycles. The Morgan fingerprint density at radius 2 is 2.21 bits per heavy atom. The van der Waals surface area contributed by atoms with Crippen LogP contribution in [0.1, 0.15) is 12.8 Å². The van der Waals surface area contributed by atoms with Crippen molar-refractivity contribution in [2.75, 3.05) is 25.5 Å². The second-order valence-electron chi connectivity index (χ2n) is 4.86. The Labute approximate surface area is 120 Å². The summed E-state index contributed by atoms with van der Waals surface area (Å²) in [7, 11) is 5.09. The first-order chi connectivity index (χ1) is 8.93. The van der Waals surface area contributed by atoms with E-state index in [1.165, 1.54) is 4.68 Å². The van der Waals surface area contributed by atoms with E-state index in [-0.39, 0.29) is 17.5 Å². The Kier molecular flexibility index (Phi) is 3.93. The van der Waals surface area contributed by atoms with Crippen LogP contribution in [0.2, 0.25) is 0 Å². The predicted octanol–water partition coefficient (Wildman–Crippen LogP) is 0.600. The highest BCUT2D eigenvalue weighted by Crippen LogP contribution is 2.29. The molecule has 0 N–H and O–H groups in total. The van der Waals surface area contributed by atoms with E-state index in [9.17, 15) is 9.59 Å². The van der Waals surface area contributed by atoms with Crippen molar-refractivity contribution in [1.29, 1.82) is 0 Å². The van der Waals surface area contributed by atoms with Gasteiger partial charge in [-0.2, -0.15) is 5.10 Å². The van der Waals surface area contributed by atoms with Crippen molar-refractivity contribution < 1.29 is 4.79 Å². The summed E-state index contributed by atoms with van der Waals surface area (Å²) in [6.45, 7) is 0.762. The third-order valence-corrected chi connectivity index (χ3v) is 4.09. The second kappa shape index (κ2) is 5.32. The lowest BCUT2D eigenvalue weighted by Crippen LogP contribution is -2.43. The normalized spacial score (nSPS) is 18.7. The molecule has 104 valence electrons. The number of carbonyl (C=O) groups excluding carboxylic acids is 1. The average molecular weight is 329 g/mol. The lowest BCUT2D eigenvalue weighted by atomic mass is 10.2. The highest BCUT2D eigenvalue weighted by molar-refractivity contribution is 9.10. The van der Waals surface area contributed by atoms with Crippen LogP contribution in [0.3, 0.4) is 0 Å². The number of hydrogen-bond donors (Lipinski definition) is 0. The number of anilines is 1. The van der Waals surface area contributed by atoms with E-state index in [1.54, 1.807) is 32.2 Å². The topological polar surface area (TPSA) is 58.4 Å². The minimum Gasteiger partial charge on any atom is -0.357 e. The molecule has 19 heavy (non-hydrogen) atoms. The van der Waals surface area contributed by atoms with Crippen molar-refractivity contribution in [2.45, 2.75) is 18.9 Å². The second-order valence-corrected chi connectivity index (χ2v) is 5.65. The standard InChI is InChI=1S/C12H17BrN4O2/c1-15(2)11(18)8-5-4-6-17(8)9-7-14-16(3)12(19)10(9)13/h7-8H,4-6H2,1-3H3. The van der Waals surface area contributed by atoms with Crippen molar-refractivity contribution in [1.82, 2.24) is 14.7 Å². The van der Waals surface area contributed by atoms with Gasteiger partial charge in [0.25, 0.3) is 5.56 Å². The molecule has 1 aliphatic rings. The van der Waals surface area contributed by atoms with Gasteiger partial charge in [-0.05, 0) is 28.8 Å². The van der Waals surface area contributed by atoms with Gasteiger partial charge in [-0.15, -0.1) is 0 Å².